The average molecular weight is 175 g/mol. The molecule has 66 valence electrons. The molecule has 0 unspecified atom stereocenters. The van der Waals surface area contributed by atoms with E-state index in [1.54, 1.807) is 29.9 Å². The predicted molar refractivity (Wildman–Crippen MR) is 50.0 cm³/mol. The number of phenols is 1. The molecule has 3 heteroatoms. The normalized spacial score (nSPS) is 10.5. The third kappa shape index (κ3) is 1.09. The lowest BCUT2D eigenvalue weighted by molar-refractivity contribution is 0.472. The number of hydrogen-bond donors (Lipinski definition) is 1. The summed E-state index contributed by atoms with van der Waals surface area (Å²) in [6.07, 6.45) is 1.79. The molecule has 13 heavy (non-hydrogen) atoms. The van der Waals surface area contributed by atoms with E-state index in [0.717, 1.165) is 0 Å². The molecule has 0 spiro atoms. The molecule has 0 bridgehead atoms. The molecule has 3 nitrogen and oxygen atoms in total. The number of nitrogens with zero attached hydrogens (tertiary/aromatic N) is 1. The second kappa shape index (κ2) is 2.62. The van der Waals surface area contributed by atoms with E-state index in [1.807, 2.05) is 0 Å². The number of benzene rings is 1. The fourth-order valence-electron chi connectivity index (χ4n) is 1.45. The Morgan fingerprint density at radius 2 is 2.08 bits per heavy atom. The highest BCUT2D eigenvalue weighted by molar-refractivity contribution is 5.67. The molecular formula is C10H9NO2. The molecule has 0 aromatic carbocycles. The quantitative estimate of drug-likeness (QED) is 0.653. The monoisotopic (exact) mass is 175 g/mol. The lowest BCUT2D eigenvalue weighted by Gasteiger charge is -2.11. The highest BCUT2D eigenvalue weighted by Gasteiger charge is 2.11. The van der Waals surface area contributed by atoms with E-state index in [1.165, 1.54) is 12.1 Å². The molecule has 2 aliphatic rings. The number of fused-ring (bicyclic) bond motifs is 1. The van der Waals surface area contributed by atoms with Crippen molar-refractivity contribution in [2.45, 2.75) is 0 Å². The molecular weight excluding hydrogens is 166 g/mol. The van der Waals surface area contributed by atoms with Crippen molar-refractivity contribution in [1.82, 2.24) is 4.57 Å². The number of aromatic nitrogens is 1. The average Bonchev–Trinajstić information content (AvgIpc) is 2.12. The number of phenolic OH excluding ortho intramolecular Hbond substituents is 1. The van der Waals surface area contributed by atoms with Gasteiger partial charge in [0.05, 0.1) is 5.69 Å². The van der Waals surface area contributed by atoms with Crippen LogP contribution in [0.2, 0.25) is 0 Å². The Labute approximate surface area is 75.2 Å². The minimum Gasteiger partial charge on any atom is -0.506 e. The van der Waals surface area contributed by atoms with Crippen LogP contribution >= 0.6 is 0 Å². The number of aryl methyl sites for hydroxylation is 1. The van der Waals surface area contributed by atoms with Crippen LogP contribution < -0.4 is 5.43 Å². The summed E-state index contributed by atoms with van der Waals surface area (Å²) < 4.78 is 1.73. The van der Waals surface area contributed by atoms with Crippen LogP contribution in [0.3, 0.4) is 0 Å². The van der Waals surface area contributed by atoms with Crippen molar-refractivity contribution in [1.29, 1.82) is 0 Å². The molecule has 2 rings (SSSR count). The lowest BCUT2D eigenvalue weighted by atomic mass is 10.1. The predicted octanol–water partition coefficient (Wildman–Crippen LogP) is 1.20. The summed E-state index contributed by atoms with van der Waals surface area (Å²) in [5.41, 5.74) is 1.06. The Kier molecular flexibility index (Phi) is 1.59. The maximum absolute atomic E-state index is 11.4. The third-order valence-corrected chi connectivity index (χ3v) is 2.08. The van der Waals surface area contributed by atoms with Crippen molar-refractivity contribution in [3.8, 4) is 17.0 Å². The minimum atomic E-state index is -0.0657. The largest absolute Gasteiger partial charge is 0.506 e. The summed E-state index contributed by atoms with van der Waals surface area (Å²) in [5.74, 6) is 0.137. The van der Waals surface area contributed by atoms with Gasteiger partial charge >= 0.3 is 0 Å². The van der Waals surface area contributed by atoms with Crippen molar-refractivity contribution in [3.63, 3.8) is 0 Å². The van der Waals surface area contributed by atoms with Gasteiger partial charge in [0, 0.05) is 18.8 Å². The third-order valence-electron chi connectivity index (χ3n) is 2.08. The molecule has 0 aromatic rings. The SMILES string of the molecule is Cn1cccc2c(=O)ccc(O)c1-2. The molecule has 1 aliphatic carbocycles. The first kappa shape index (κ1) is 7.86. The summed E-state index contributed by atoms with van der Waals surface area (Å²) in [6, 6.07) is 6.28. The van der Waals surface area contributed by atoms with Gasteiger partial charge in [0.1, 0.15) is 5.75 Å². The van der Waals surface area contributed by atoms with E-state index in [2.05, 4.69) is 0 Å². The Bertz CT molecular complexity index is 473. The summed E-state index contributed by atoms with van der Waals surface area (Å²) in [7, 11) is 1.79. The van der Waals surface area contributed by atoms with E-state index < -0.39 is 0 Å². The van der Waals surface area contributed by atoms with Gasteiger partial charge in [0.15, 0.2) is 5.43 Å². The van der Waals surface area contributed by atoms with Crippen molar-refractivity contribution in [2.75, 3.05) is 0 Å². The Balaban J connectivity index is 2.96. The first-order valence-electron chi connectivity index (χ1n) is 3.97. The zero-order valence-electron chi connectivity index (χ0n) is 7.19. The van der Waals surface area contributed by atoms with Crippen LogP contribution in [0.4, 0.5) is 0 Å². The van der Waals surface area contributed by atoms with Crippen LogP contribution in [0.5, 0.6) is 5.75 Å². The van der Waals surface area contributed by atoms with Crippen LogP contribution in [-0.4, -0.2) is 9.67 Å². The summed E-state index contributed by atoms with van der Waals surface area (Å²) in [5, 5.41) is 9.52. The Hall–Kier alpha value is -1.77. The highest BCUT2D eigenvalue weighted by Crippen LogP contribution is 2.26. The fourth-order valence-corrected chi connectivity index (χ4v) is 1.45. The van der Waals surface area contributed by atoms with Crippen LogP contribution in [-0.2, 0) is 7.05 Å². The van der Waals surface area contributed by atoms with Crippen LogP contribution in [0.25, 0.3) is 11.3 Å². The van der Waals surface area contributed by atoms with Crippen molar-refractivity contribution in [2.24, 2.45) is 7.05 Å². The van der Waals surface area contributed by atoms with Crippen molar-refractivity contribution >= 4 is 0 Å². The molecule has 0 amide bonds. The first-order chi connectivity index (χ1) is 6.20. The smallest absolute Gasteiger partial charge is 0.188 e. The topological polar surface area (TPSA) is 42.2 Å². The summed E-state index contributed by atoms with van der Waals surface area (Å²) >= 11 is 0. The lowest BCUT2D eigenvalue weighted by Crippen LogP contribution is -2.08. The zero-order valence-corrected chi connectivity index (χ0v) is 7.19. The molecule has 1 N–H and O–H groups in total. The fraction of sp³-hybridized carbons (Fsp3) is 0.100. The van der Waals surface area contributed by atoms with Gasteiger partial charge in [-0.3, -0.25) is 4.79 Å². The van der Waals surface area contributed by atoms with E-state index >= 15 is 0 Å². The maximum atomic E-state index is 11.4. The molecule has 0 aromatic heterocycles. The molecule has 0 saturated carbocycles. The van der Waals surface area contributed by atoms with Gasteiger partial charge in [-0.15, -0.1) is 0 Å². The number of rotatable bonds is 0. The first-order valence-corrected chi connectivity index (χ1v) is 3.97. The van der Waals surface area contributed by atoms with E-state index in [4.69, 9.17) is 0 Å². The van der Waals surface area contributed by atoms with Gasteiger partial charge in [-0.05, 0) is 24.3 Å². The Morgan fingerprint density at radius 1 is 1.31 bits per heavy atom. The van der Waals surface area contributed by atoms with Gasteiger partial charge in [-0.2, -0.15) is 0 Å². The number of hydrogen-bond acceptors (Lipinski definition) is 2. The molecule has 0 radical (unpaired) electrons. The van der Waals surface area contributed by atoms with Gasteiger partial charge < -0.3 is 9.67 Å². The standard InChI is InChI=1S/C10H9NO2/c1-11-6-2-3-7-8(12)4-5-9(13)10(7)11/h2-6,13H,1H3. The summed E-state index contributed by atoms with van der Waals surface area (Å²) in [4.78, 5) is 11.4. The van der Waals surface area contributed by atoms with Crippen LogP contribution in [0.15, 0.2) is 35.3 Å². The maximum Gasteiger partial charge on any atom is 0.188 e. The second-order valence-corrected chi connectivity index (χ2v) is 2.96. The van der Waals surface area contributed by atoms with Crippen LogP contribution in [0, 0.1) is 0 Å². The van der Waals surface area contributed by atoms with E-state index in [9.17, 15) is 9.90 Å². The molecule has 1 aliphatic heterocycles. The van der Waals surface area contributed by atoms with Gasteiger partial charge in [-0.25, -0.2) is 0 Å². The minimum absolute atomic E-state index is 0.0657. The van der Waals surface area contributed by atoms with Crippen molar-refractivity contribution in [3.05, 3.63) is 40.7 Å². The molecule has 0 fully saturated rings. The molecule has 0 atom stereocenters. The number of pyridine rings is 1. The van der Waals surface area contributed by atoms with Crippen molar-refractivity contribution < 1.29 is 5.11 Å². The van der Waals surface area contributed by atoms with Gasteiger partial charge in [0.25, 0.3) is 0 Å². The van der Waals surface area contributed by atoms with Crippen LogP contribution in [0.1, 0.15) is 0 Å². The number of aromatic hydroxyl groups is 1. The summed E-state index contributed by atoms with van der Waals surface area (Å²) in [6.45, 7) is 0. The second-order valence-electron chi connectivity index (χ2n) is 2.96. The molecule has 1 heterocycles. The van der Waals surface area contributed by atoms with E-state index in [-0.39, 0.29) is 11.2 Å². The van der Waals surface area contributed by atoms with Gasteiger partial charge in [-0.1, -0.05) is 0 Å². The van der Waals surface area contributed by atoms with Gasteiger partial charge in [0.2, 0.25) is 0 Å². The van der Waals surface area contributed by atoms with E-state index in [0.29, 0.717) is 11.3 Å². The zero-order chi connectivity index (χ0) is 9.42. The Morgan fingerprint density at radius 3 is 2.77 bits per heavy atom. The highest BCUT2D eigenvalue weighted by atomic mass is 16.3. The molecule has 0 saturated heterocycles.